The van der Waals surface area contributed by atoms with Crippen molar-refractivity contribution < 1.29 is 9.15 Å². The van der Waals surface area contributed by atoms with Crippen LogP contribution in [0.3, 0.4) is 0 Å². The Morgan fingerprint density at radius 2 is 1.50 bits per heavy atom. The fourth-order valence-electron chi connectivity index (χ4n) is 1.02. The zero-order chi connectivity index (χ0) is 8.04. The Morgan fingerprint density at radius 3 is 1.60 bits per heavy atom. The molecule has 0 bridgehead atoms. The molecule has 2 nitrogen and oxygen atoms in total. The Labute approximate surface area is 67.5 Å². The second-order valence-electron chi connectivity index (χ2n) is 2.41. The van der Waals surface area contributed by atoms with E-state index in [4.69, 9.17) is 4.58 Å². The number of hydrogen-bond acceptors (Lipinski definition) is 2. The lowest BCUT2D eigenvalue weighted by Crippen LogP contribution is -2.35. The average molecular weight is 175 g/mol. The third-order valence-corrected chi connectivity index (χ3v) is 6.70. The Kier molecular flexibility index (Phi) is 5.24. The molecule has 3 radical (unpaired) electrons. The van der Waals surface area contributed by atoms with Crippen LogP contribution in [-0.2, 0) is 9.15 Å². The highest BCUT2D eigenvalue weighted by atomic mass is 28.4. The molecule has 0 aromatic carbocycles. The lowest BCUT2D eigenvalue weighted by Gasteiger charge is -2.24. The molecule has 0 aliphatic heterocycles. The van der Waals surface area contributed by atoms with Gasteiger partial charge in [-0.25, -0.2) is 0 Å². The molecular formula is C6H15O2Si2. The van der Waals surface area contributed by atoms with Crippen LogP contribution >= 0.6 is 0 Å². The van der Waals surface area contributed by atoms with E-state index in [1.807, 2.05) is 0 Å². The number of rotatable bonds is 5. The monoisotopic (exact) mass is 175 g/mol. The Bertz CT molecular complexity index is 75.6. The lowest BCUT2D eigenvalue weighted by atomic mass is 10.9. The molecule has 0 aromatic rings. The standard InChI is InChI=1S/C6H15O2Si2/c1-4-10(5-2,6-3)8-7-9/h4-6H2,1-3H3. The van der Waals surface area contributed by atoms with Crippen molar-refractivity contribution >= 4 is 18.8 Å². The van der Waals surface area contributed by atoms with Gasteiger partial charge in [-0.05, 0) is 18.1 Å². The molecule has 0 saturated carbocycles. The van der Waals surface area contributed by atoms with Crippen LogP contribution in [0.5, 0.6) is 0 Å². The van der Waals surface area contributed by atoms with Crippen molar-refractivity contribution in [2.75, 3.05) is 0 Å². The maximum atomic E-state index is 5.23. The second kappa shape index (κ2) is 5.06. The largest absolute Gasteiger partial charge is 0.300 e. The average Bonchev–Trinajstić information content (AvgIpc) is 2.01. The maximum absolute atomic E-state index is 5.23. The van der Waals surface area contributed by atoms with Gasteiger partial charge in [-0.2, -0.15) is 0 Å². The van der Waals surface area contributed by atoms with Crippen molar-refractivity contribution in [3.8, 4) is 0 Å². The smallest absolute Gasteiger partial charge is 0.300 e. The minimum Gasteiger partial charge on any atom is -0.300 e. The quantitative estimate of drug-likeness (QED) is 0.361. The molecule has 0 atom stereocenters. The van der Waals surface area contributed by atoms with E-state index >= 15 is 0 Å². The van der Waals surface area contributed by atoms with Gasteiger partial charge in [-0.15, -0.1) is 0 Å². The summed E-state index contributed by atoms with van der Waals surface area (Å²) in [5.41, 5.74) is 0. The van der Waals surface area contributed by atoms with Crippen molar-refractivity contribution in [3.05, 3.63) is 0 Å². The van der Waals surface area contributed by atoms with Gasteiger partial charge in [0.2, 0.25) is 8.32 Å². The molecule has 59 valence electrons. The van der Waals surface area contributed by atoms with Gasteiger partial charge in [0.15, 0.2) is 0 Å². The SMILES string of the molecule is CC[Si](CC)(CC)OO[Si]. The Hall–Kier alpha value is 0.354. The summed E-state index contributed by atoms with van der Waals surface area (Å²) in [7, 11) is 1.38. The highest BCUT2D eigenvalue weighted by Crippen LogP contribution is 2.20. The molecule has 0 spiro atoms. The molecule has 4 heteroatoms. The molecular weight excluding hydrogens is 160 g/mol. The lowest BCUT2D eigenvalue weighted by molar-refractivity contribution is -0.108. The minimum absolute atomic E-state index is 1.12. The van der Waals surface area contributed by atoms with E-state index in [1.165, 1.54) is 0 Å². The topological polar surface area (TPSA) is 18.5 Å². The van der Waals surface area contributed by atoms with Crippen molar-refractivity contribution in [1.82, 2.24) is 0 Å². The Balaban J connectivity index is 3.87. The van der Waals surface area contributed by atoms with Crippen LogP contribution in [0.2, 0.25) is 18.1 Å². The predicted molar refractivity (Wildman–Crippen MR) is 45.1 cm³/mol. The first kappa shape index (κ1) is 10.4. The van der Waals surface area contributed by atoms with Gasteiger partial charge in [0, 0.05) is 0 Å². The molecule has 0 aliphatic carbocycles. The van der Waals surface area contributed by atoms with E-state index in [9.17, 15) is 0 Å². The summed E-state index contributed by atoms with van der Waals surface area (Å²) in [4.78, 5) is 0. The first-order valence-corrected chi connectivity index (χ1v) is 6.69. The van der Waals surface area contributed by atoms with E-state index < -0.39 is 8.32 Å². The van der Waals surface area contributed by atoms with Gasteiger partial charge in [0.1, 0.15) is 0 Å². The molecule has 0 rings (SSSR count). The maximum Gasteiger partial charge on any atom is 0.300 e. The molecule has 0 unspecified atom stereocenters. The van der Waals surface area contributed by atoms with Gasteiger partial charge in [-0.1, -0.05) is 20.8 Å². The summed E-state index contributed by atoms with van der Waals surface area (Å²) in [6.45, 7) is 6.47. The zero-order valence-electron chi connectivity index (χ0n) is 6.94. The van der Waals surface area contributed by atoms with Crippen molar-refractivity contribution in [3.63, 3.8) is 0 Å². The summed E-state index contributed by atoms with van der Waals surface area (Å²) < 4.78 is 9.78. The molecule has 10 heavy (non-hydrogen) atoms. The molecule has 0 amide bonds. The van der Waals surface area contributed by atoms with E-state index in [-0.39, 0.29) is 0 Å². The summed E-state index contributed by atoms with van der Waals surface area (Å²) in [6, 6.07) is 3.35. The van der Waals surface area contributed by atoms with Crippen LogP contribution in [0.4, 0.5) is 0 Å². The van der Waals surface area contributed by atoms with Gasteiger partial charge < -0.3 is 0 Å². The van der Waals surface area contributed by atoms with Crippen molar-refractivity contribution in [2.45, 2.75) is 38.9 Å². The predicted octanol–water partition coefficient (Wildman–Crippen LogP) is 2.02. The highest BCUT2D eigenvalue weighted by Gasteiger charge is 2.29. The van der Waals surface area contributed by atoms with Crippen LogP contribution in [0.25, 0.3) is 0 Å². The summed E-state index contributed by atoms with van der Waals surface area (Å²) in [5, 5.41) is 0. The zero-order valence-corrected chi connectivity index (χ0v) is 8.94. The molecule has 0 aliphatic rings. The molecule has 0 fully saturated rings. The summed E-state index contributed by atoms with van der Waals surface area (Å²) in [5.74, 6) is 0. The fourth-order valence-corrected chi connectivity index (χ4v) is 3.58. The number of hydrogen-bond donors (Lipinski definition) is 0. The third kappa shape index (κ3) is 2.53. The minimum atomic E-state index is -1.49. The normalized spacial score (nSPS) is 12.0. The van der Waals surface area contributed by atoms with Crippen LogP contribution in [0.15, 0.2) is 0 Å². The third-order valence-electron chi connectivity index (χ3n) is 2.15. The first-order chi connectivity index (χ1) is 4.74. The van der Waals surface area contributed by atoms with Crippen LogP contribution < -0.4 is 0 Å². The van der Waals surface area contributed by atoms with Gasteiger partial charge in [0.05, 0.1) is 0 Å². The Morgan fingerprint density at radius 1 is 1.10 bits per heavy atom. The molecule has 0 N–H and O–H groups in total. The van der Waals surface area contributed by atoms with E-state index in [1.54, 1.807) is 0 Å². The van der Waals surface area contributed by atoms with Gasteiger partial charge >= 0.3 is 10.5 Å². The van der Waals surface area contributed by atoms with Crippen LogP contribution in [0.1, 0.15) is 20.8 Å². The highest BCUT2D eigenvalue weighted by molar-refractivity contribution is 6.73. The van der Waals surface area contributed by atoms with Crippen molar-refractivity contribution in [2.24, 2.45) is 0 Å². The second-order valence-corrected chi connectivity index (χ2v) is 7.23. The molecule has 0 aromatic heterocycles. The fraction of sp³-hybridized carbons (Fsp3) is 1.00. The summed E-state index contributed by atoms with van der Waals surface area (Å²) in [6.07, 6.45) is 0. The molecule has 0 heterocycles. The van der Waals surface area contributed by atoms with Gasteiger partial charge in [-0.3, -0.25) is 9.15 Å². The van der Waals surface area contributed by atoms with Gasteiger partial charge in [0.25, 0.3) is 0 Å². The van der Waals surface area contributed by atoms with E-state index in [0.717, 1.165) is 18.1 Å². The van der Waals surface area contributed by atoms with E-state index in [2.05, 4.69) is 35.8 Å². The van der Waals surface area contributed by atoms with Crippen LogP contribution in [-0.4, -0.2) is 18.8 Å². The van der Waals surface area contributed by atoms with Crippen LogP contribution in [0, 0.1) is 0 Å². The molecule has 0 saturated heterocycles. The van der Waals surface area contributed by atoms with E-state index in [0.29, 0.717) is 0 Å². The first-order valence-electron chi connectivity index (χ1n) is 3.76. The summed E-state index contributed by atoms with van der Waals surface area (Å²) >= 11 is 0. The van der Waals surface area contributed by atoms with Crippen molar-refractivity contribution in [1.29, 1.82) is 0 Å².